The summed E-state index contributed by atoms with van der Waals surface area (Å²) in [7, 11) is -2.16. The molecule has 0 bridgehead atoms. The molecule has 1 heterocycles. The Morgan fingerprint density at radius 2 is 1.58 bits per heavy atom. The monoisotopic (exact) mass is 348 g/mol. The van der Waals surface area contributed by atoms with Gasteiger partial charge in [-0.3, -0.25) is 0 Å². The molecule has 134 valence electrons. The Labute approximate surface area is 148 Å². The van der Waals surface area contributed by atoms with Crippen molar-refractivity contribution in [3.8, 4) is 5.75 Å². The Kier molecular flexibility index (Phi) is 5.30. The predicted molar refractivity (Wildman–Crippen MR) is 105 cm³/mol. The van der Waals surface area contributed by atoms with Crippen molar-refractivity contribution in [3.63, 3.8) is 0 Å². The van der Waals surface area contributed by atoms with Gasteiger partial charge in [-0.05, 0) is 62.8 Å². The molecule has 1 fully saturated rings. The van der Waals surface area contributed by atoms with Gasteiger partial charge in [0.2, 0.25) is 0 Å². The maximum absolute atomic E-state index is 10.8. The molecule has 24 heavy (non-hydrogen) atoms. The van der Waals surface area contributed by atoms with Gasteiger partial charge in [-0.15, -0.1) is 0 Å². The van der Waals surface area contributed by atoms with Crippen LogP contribution in [0.1, 0.15) is 53.0 Å². The van der Waals surface area contributed by atoms with Crippen LogP contribution < -0.4 is 10.6 Å². The number of rotatable bonds is 5. The van der Waals surface area contributed by atoms with E-state index in [2.05, 4.69) is 60.3 Å². The SMILES string of the molecule is CCCCc1cc(O)c([Si](C)(C)C)c(B2OC(C)(C)C(C)(C)O2)c1. The highest BCUT2D eigenvalue weighted by atomic mass is 28.3. The minimum absolute atomic E-state index is 0.372. The van der Waals surface area contributed by atoms with Crippen molar-refractivity contribution in [1.29, 1.82) is 0 Å². The van der Waals surface area contributed by atoms with E-state index >= 15 is 0 Å². The maximum Gasteiger partial charge on any atom is 0.494 e. The molecule has 1 N–H and O–H groups in total. The van der Waals surface area contributed by atoms with Crippen molar-refractivity contribution in [3.05, 3.63) is 17.7 Å². The molecule has 0 radical (unpaired) electrons. The van der Waals surface area contributed by atoms with E-state index in [-0.39, 0.29) is 11.2 Å². The highest BCUT2D eigenvalue weighted by molar-refractivity contribution is 6.93. The van der Waals surface area contributed by atoms with E-state index in [4.69, 9.17) is 9.31 Å². The fourth-order valence-corrected chi connectivity index (χ4v) is 5.10. The van der Waals surface area contributed by atoms with Crippen molar-refractivity contribution < 1.29 is 14.4 Å². The molecule has 0 spiro atoms. The van der Waals surface area contributed by atoms with Gasteiger partial charge in [-0.1, -0.05) is 39.1 Å². The van der Waals surface area contributed by atoms with Crippen LogP contribution >= 0.6 is 0 Å². The summed E-state index contributed by atoms with van der Waals surface area (Å²) in [6, 6.07) is 4.14. The van der Waals surface area contributed by atoms with Gasteiger partial charge in [0.25, 0.3) is 0 Å². The third-order valence-electron chi connectivity index (χ3n) is 5.28. The van der Waals surface area contributed by atoms with Gasteiger partial charge in [0.1, 0.15) is 5.75 Å². The molecule has 0 atom stereocenters. The highest BCUT2D eigenvalue weighted by Gasteiger charge is 2.53. The standard InChI is InChI=1S/C19H33BO3Si/c1-9-10-11-14-12-15(17(16(21)13-14)24(6,7)8)20-22-18(2,3)19(4,5)23-20/h12-13,21H,9-11H2,1-8H3. The molecule has 2 rings (SSSR count). The van der Waals surface area contributed by atoms with Crippen LogP contribution in [0.3, 0.4) is 0 Å². The summed E-state index contributed by atoms with van der Waals surface area (Å²) in [6.45, 7) is 17.2. The van der Waals surface area contributed by atoms with Gasteiger partial charge in [-0.25, -0.2) is 0 Å². The molecule has 0 aromatic heterocycles. The number of unbranched alkanes of at least 4 members (excludes halogenated alkanes) is 1. The largest absolute Gasteiger partial charge is 0.508 e. The molecule has 1 aliphatic rings. The van der Waals surface area contributed by atoms with E-state index in [1.807, 2.05) is 6.07 Å². The summed E-state index contributed by atoms with van der Waals surface area (Å²) in [4.78, 5) is 0. The number of hydrogen-bond acceptors (Lipinski definition) is 3. The summed E-state index contributed by atoms with van der Waals surface area (Å²) in [5.41, 5.74) is 1.45. The van der Waals surface area contributed by atoms with Crippen molar-refractivity contribution in [2.24, 2.45) is 0 Å². The summed E-state index contributed by atoms with van der Waals surface area (Å²) in [6.07, 6.45) is 3.24. The molecule has 0 unspecified atom stereocenters. The van der Waals surface area contributed by atoms with E-state index in [1.54, 1.807) is 0 Å². The molecule has 5 heteroatoms. The van der Waals surface area contributed by atoms with Gasteiger partial charge in [-0.2, -0.15) is 0 Å². The highest BCUT2D eigenvalue weighted by Crippen LogP contribution is 2.36. The topological polar surface area (TPSA) is 38.7 Å². The number of phenols is 1. The zero-order chi connectivity index (χ0) is 18.3. The van der Waals surface area contributed by atoms with Crippen molar-refractivity contribution in [2.75, 3.05) is 0 Å². The second-order valence-corrected chi connectivity index (χ2v) is 14.0. The summed E-state index contributed by atoms with van der Waals surface area (Å²) < 4.78 is 12.6. The lowest BCUT2D eigenvalue weighted by atomic mass is 9.77. The second-order valence-electron chi connectivity index (χ2n) is 9.02. The molecule has 1 aromatic rings. The zero-order valence-corrected chi connectivity index (χ0v) is 17.6. The third kappa shape index (κ3) is 3.73. The van der Waals surface area contributed by atoms with Crippen LogP contribution in [-0.4, -0.2) is 31.5 Å². The Balaban J connectivity index is 2.52. The summed E-state index contributed by atoms with van der Waals surface area (Å²) >= 11 is 0. The molecule has 0 amide bonds. The Bertz CT molecular complexity index is 589. The average molecular weight is 348 g/mol. The minimum atomic E-state index is -1.75. The lowest BCUT2D eigenvalue weighted by molar-refractivity contribution is 0.00578. The summed E-state index contributed by atoms with van der Waals surface area (Å²) in [5.74, 6) is 0.410. The Hall–Kier alpha value is -0.778. The van der Waals surface area contributed by atoms with Gasteiger partial charge in [0.15, 0.2) is 0 Å². The van der Waals surface area contributed by atoms with Crippen LogP contribution in [0.5, 0.6) is 5.75 Å². The lowest BCUT2D eigenvalue weighted by Crippen LogP contribution is -2.54. The molecule has 0 saturated carbocycles. The first-order valence-electron chi connectivity index (χ1n) is 9.11. The number of aryl methyl sites for hydroxylation is 1. The first-order valence-corrected chi connectivity index (χ1v) is 12.6. The van der Waals surface area contributed by atoms with Crippen molar-refractivity contribution in [1.82, 2.24) is 0 Å². The molecular weight excluding hydrogens is 315 g/mol. The van der Waals surface area contributed by atoms with E-state index in [0.29, 0.717) is 5.75 Å². The van der Waals surface area contributed by atoms with Crippen LogP contribution in [-0.2, 0) is 15.7 Å². The van der Waals surface area contributed by atoms with E-state index in [0.717, 1.165) is 29.9 Å². The van der Waals surface area contributed by atoms with Crippen LogP contribution in [0.2, 0.25) is 19.6 Å². The fraction of sp³-hybridized carbons (Fsp3) is 0.684. The first-order chi connectivity index (χ1) is 10.9. The van der Waals surface area contributed by atoms with Gasteiger partial charge in [0.05, 0.1) is 19.3 Å². The van der Waals surface area contributed by atoms with E-state index in [9.17, 15) is 5.11 Å². The third-order valence-corrected chi connectivity index (χ3v) is 7.33. The normalized spacial score (nSPS) is 19.8. The smallest absolute Gasteiger partial charge is 0.494 e. The van der Waals surface area contributed by atoms with Crippen LogP contribution in [0, 0.1) is 0 Å². The number of benzene rings is 1. The zero-order valence-electron chi connectivity index (χ0n) is 16.6. The molecule has 1 aromatic carbocycles. The summed E-state index contributed by atoms with van der Waals surface area (Å²) in [5, 5.41) is 11.8. The second kappa shape index (κ2) is 6.51. The number of hydrogen-bond donors (Lipinski definition) is 1. The Morgan fingerprint density at radius 3 is 2.04 bits per heavy atom. The lowest BCUT2D eigenvalue weighted by Gasteiger charge is -2.32. The maximum atomic E-state index is 10.8. The first kappa shape index (κ1) is 19.5. The van der Waals surface area contributed by atoms with Gasteiger partial charge >= 0.3 is 7.12 Å². The molecule has 1 saturated heterocycles. The average Bonchev–Trinajstić information content (AvgIpc) is 2.63. The number of phenolic OH excluding ortho intramolecular Hbond substituents is 1. The Morgan fingerprint density at radius 1 is 1.04 bits per heavy atom. The molecule has 1 aliphatic heterocycles. The van der Waals surface area contributed by atoms with Crippen molar-refractivity contribution >= 4 is 25.8 Å². The van der Waals surface area contributed by atoms with E-state index < -0.39 is 15.2 Å². The van der Waals surface area contributed by atoms with Crippen LogP contribution in [0.15, 0.2) is 12.1 Å². The van der Waals surface area contributed by atoms with Gasteiger partial charge in [0, 0.05) is 0 Å². The van der Waals surface area contributed by atoms with Crippen LogP contribution in [0.4, 0.5) is 0 Å². The number of aromatic hydroxyl groups is 1. The molecule has 3 nitrogen and oxygen atoms in total. The van der Waals surface area contributed by atoms with Crippen molar-refractivity contribution in [2.45, 2.75) is 84.7 Å². The minimum Gasteiger partial charge on any atom is -0.508 e. The van der Waals surface area contributed by atoms with Gasteiger partial charge < -0.3 is 14.4 Å². The predicted octanol–water partition coefficient (Wildman–Crippen LogP) is 3.58. The van der Waals surface area contributed by atoms with Crippen LogP contribution in [0.25, 0.3) is 0 Å². The quantitative estimate of drug-likeness (QED) is 0.827. The van der Waals surface area contributed by atoms with E-state index in [1.165, 1.54) is 5.56 Å². The molecule has 0 aliphatic carbocycles. The fourth-order valence-electron chi connectivity index (χ4n) is 3.21. The molecular formula is C19H33BO3Si.